The Morgan fingerprint density at radius 3 is 2.00 bits per heavy atom. The van der Waals surface area contributed by atoms with Gasteiger partial charge in [-0.1, -0.05) is 0 Å². The summed E-state index contributed by atoms with van der Waals surface area (Å²) < 4.78 is 0. The maximum absolute atomic E-state index is 9.92. The third kappa shape index (κ3) is 2.62. The molecule has 0 aromatic rings. The van der Waals surface area contributed by atoms with E-state index < -0.39 is 24.3 Å². The van der Waals surface area contributed by atoms with Crippen molar-refractivity contribution in [2.45, 2.75) is 18.3 Å². The highest BCUT2D eigenvalue weighted by Crippen LogP contribution is 1.97. The zero-order chi connectivity index (χ0) is 9.02. The van der Waals surface area contributed by atoms with E-state index >= 15 is 0 Å². The summed E-state index contributed by atoms with van der Waals surface area (Å²) in [5, 5.41) is 33.7. The van der Waals surface area contributed by atoms with Crippen molar-refractivity contribution in [3.05, 3.63) is 0 Å². The van der Waals surface area contributed by atoms with E-state index in [1.165, 1.54) is 0 Å². The fraction of sp³-hybridized carbons (Fsp3) is 0.600. The van der Waals surface area contributed by atoms with Crippen molar-refractivity contribution in [3.8, 4) is 0 Å². The first-order chi connectivity index (χ1) is 5.00. The summed E-state index contributed by atoms with van der Waals surface area (Å²) in [7, 11) is 0. The maximum Gasteiger partial charge on any atom is 0.335 e. The number of carbonyl (C=O) groups is 2. The van der Waals surface area contributed by atoms with Crippen molar-refractivity contribution in [2.75, 3.05) is 0 Å². The Balaban J connectivity index is 4.11. The molecule has 6 nitrogen and oxygen atoms in total. The molecule has 0 saturated carbocycles. The summed E-state index contributed by atoms with van der Waals surface area (Å²) in [6.07, 6.45) is -6.06. The van der Waals surface area contributed by atoms with Gasteiger partial charge < -0.3 is 25.2 Å². The van der Waals surface area contributed by atoms with Crippen LogP contribution in [0.5, 0.6) is 0 Å². The van der Waals surface area contributed by atoms with Gasteiger partial charge in [-0.2, -0.15) is 0 Å². The Kier molecular flexibility index (Phi) is 3.66. The van der Waals surface area contributed by atoms with E-state index in [2.05, 4.69) is 0 Å². The molecule has 0 spiro atoms. The van der Waals surface area contributed by atoms with E-state index in [9.17, 15) is 9.59 Å². The molecule has 0 aliphatic heterocycles. The number of aliphatic hydroxyl groups excluding tert-OH is 3. The number of aldehydes is 1. The number of aliphatic carboxylic acids is 1. The van der Waals surface area contributed by atoms with E-state index in [1.807, 2.05) is 0 Å². The largest absolute Gasteiger partial charge is 0.479 e. The van der Waals surface area contributed by atoms with E-state index in [4.69, 9.17) is 20.4 Å². The maximum atomic E-state index is 9.92. The van der Waals surface area contributed by atoms with Gasteiger partial charge in [0.25, 0.3) is 0 Å². The molecule has 0 aromatic carbocycles. The summed E-state index contributed by atoms with van der Waals surface area (Å²) in [6.45, 7) is 0. The average Bonchev–Trinajstić information content (AvgIpc) is 2.00. The van der Waals surface area contributed by atoms with Crippen molar-refractivity contribution >= 4 is 12.3 Å². The van der Waals surface area contributed by atoms with Gasteiger partial charge in [-0.25, -0.2) is 4.79 Å². The van der Waals surface area contributed by atoms with Gasteiger partial charge in [-0.3, -0.25) is 0 Å². The van der Waals surface area contributed by atoms with Crippen LogP contribution in [0.4, 0.5) is 0 Å². The highest BCUT2D eigenvalue weighted by Gasteiger charge is 2.29. The van der Waals surface area contributed by atoms with Crippen LogP contribution < -0.4 is 0 Å². The molecule has 0 saturated heterocycles. The topological polar surface area (TPSA) is 115 Å². The third-order valence-electron chi connectivity index (χ3n) is 1.07. The lowest BCUT2D eigenvalue weighted by Crippen LogP contribution is -2.42. The van der Waals surface area contributed by atoms with Crippen molar-refractivity contribution in [2.24, 2.45) is 0 Å². The number of carbonyl (C=O) groups excluding carboxylic acids is 1. The molecule has 6 heteroatoms. The molecule has 0 fully saturated rings. The van der Waals surface area contributed by atoms with E-state index in [0.717, 1.165) is 0 Å². The first kappa shape index (κ1) is 10.0. The first-order valence-electron chi connectivity index (χ1n) is 2.73. The van der Waals surface area contributed by atoms with Crippen LogP contribution >= 0.6 is 0 Å². The molecule has 0 amide bonds. The van der Waals surface area contributed by atoms with E-state index in [1.54, 1.807) is 0 Å². The van der Waals surface area contributed by atoms with Crippen LogP contribution in [0, 0.1) is 0 Å². The standard InChI is InChI=1S/C5H8O6/c6-1-2(7)3(8)4(9)5(10)11/h1-4,7-9H,(H,10,11)/t2-,3-,4+/m0/s1. The van der Waals surface area contributed by atoms with Crippen LogP contribution in [0.2, 0.25) is 0 Å². The van der Waals surface area contributed by atoms with Gasteiger partial charge >= 0.3 is 5.97 Å². The second-order valence-electron chi connectivity index (χ2n) is 1.90. The summed E-state index contributed by atoms with van der Waals surface area (Å²) in [6, 6.07) is 0. The molecule has 0 aliphatic carbocycles. The molecule has 3 atom stereocenters. The molecule has 11 heavy (non-hydrogen) atoms. The number of rotatable bonds is 4. The van der Waals surface area contributed by atoms with Crippen LogP contribution in [0.3, 0.4) is 0 Å². The summed E-state index contributed by atoms with van der Waals surface area (Å²) in [5.74, 6) is -1.70. The van der Waals surface area contributed by atoms with Crippen molar-refractivity contribution in [3.63, 3.8) is 0 Å². The lowest BCUT2D eigenvalue weighted by atomic mass is 10.1. The van der Waals surface area contributed by atoms with Crippen LogP contribution in [0.15, 0.2) is 0 Å². The molecular formula is C5H8O6. The van der Waals surface area contributed by atoms with Gasteiger partial charge in [-0.05, 0) is 0 Å². The lowest BCUT2D eigenvalue weighted by Gasteiger charge is -2.14. The van der Waals surface area contributed by atoms with E-state index in [-0.39, 0.29) is 6.29 Å². The monoisotopic (exact) mass is 164 g/mol. The minimum atomic E-state index is -2.14. The Bertz CT molecular complexity index is 155. The average molecular weight is 164 g/mol. The number of hydrogen-bond acceptors (Lipinski definition) is 5. The minimum Gasteiger partial charge on any atom is -0.479 e. The SMILES string of the molecule is O=C[C@H](O)[C@H](O)[C@@H](O)C(=O)O. The van der Waals surface area contributed by atoms with Gasteiger partial charge in [0.1, 0.15) is 12.2 Å². The number of hydrogen-bond donors (Lipinski definition) is 4. The Morgan fingerprint density at radius 2 is 1.73 bits per heavy atom. The third-order valence-corrected chi connectivity index (χ3v) is 1.07. The summed E-state index contributed by atoms with van der Waals surface area (Å²) in [4.78, 5) is 19.7. The molecular weight excluding hydrogens is 156 g/mol. The molecule has 0 aliphatic rings. The predicted octanol–water partition coefficient (Wildman–Crippen LogP) is -2.65. The first-order valence-corrected chi connectivity index (χ1v) is 2.73. The Labute approximate surface area is 61.7 Å². The summed E-state index contributed by atoms with van der Waals surface area (Å²) >= 11 is 0. The predicted molar refractivity (Wildman–Crippen MR) is 31.7 cm³/mol. The number of carboxylic acids is 1. The molecule has 0 heterocycles. The van der Waals surface area contributed by atoms with Crippen LogP contribution in [-0.2, 0) is 9.59 Å². The second-order valence-corrected chi connectivity index (χ2v) is 1.90. The second kappa shape index (κ2) is 4.02. The molecule has 0 radical (unpaired) electrons. The highest BCUT2D eigenvalue weighted by molar-refractivity contribution is 5.74. The van der Waals surface area contributed by atoms with Gasteiger partial charge in [0.2, 0.25) is 0 Å². The number of carboxylic acid groups (broad SMARTS) is 1. The molecule has 0 rings (SSSR count). The van der Waals surface area contributed by atoms with Gasteiger partial charge in [0.15, 0.2) is 12.4 Å². The Hall–Kier alpha value is -0.980. The zero-order valence-corrected chi connectivity index (χ0v) is 5.41. The van der Waals surface area contributed by atoms with E-state index in [0.29, 0.717) is 0 Å². The molecule has 4 N–H and O–H groups in total. The van der Waals surface area contributed by atoms with Gasteiger partial charge in [0.05, 0.1) is 0 Å². The molecule has 0 unspecified atom stereocenters. The Morgan fingerprint density at radius 1 is 1.27 bits per heavy atom. The fourth-order valence-corrected chi connectivity index (χ4v) is 0.413. The fourth-order valence-electron chi connectivity index (χ4n) is 0.413. The minimum absolute atomic E-state index is 0.0587. The molecule has 64 valence electrons. The van der Waals surface area contributed by atoms with Crippen molar-refractivity contribution in [1.82, 2.24) is 0 Å². The smallest absolute Gasteiger partial charge is 0.335 e. The van der Waals surface area contributed by atoms with Crippen LogP contribution in [0.1, 0.15) is 0 Å². The van der Waals surface area contributed by atoms with Crippen molar-refractivity contribution in [1.29, 1.82) is 0 Å². The van der Waals surface area contributed by atoms with Crippen molar-refractivity contribution < 1.29 is 30.0 Å². The lowest BCUT2D eigenvalue weighted by molar-refractivity contribution is -0.158. The quantitative estimate of drug-likeness (QED) is 0.337. The highest BCUT2D eigenvalue weighted by atomic mass is 16.4. The van der Waals surface area contributed by atoms with Gasteiger partial charge in [-0.15, -0.1) is 0 Å². The van der Waals surface area contributed by atoms with Crippen LogP contribution in [-0.4, -0.2) is 51.0 Å². The summed E-state index contributed by atoms with van der Waals surface area (Å²) in [5.41, 5.74) is 0. The number of aliphatic hydroxyl groups is 3. The van der Waals surface area contributed by atoms with Gasteiger partial charge in [0, 0.05) is 0 Å². The molecule has 0 bridgehead atoms. The zero-order valence-electron chi connectivity index (χ0n) is 5.41. The normalized spacial score (nSPS) is 18.5. The molecule has 0 aromatic heterocycles. The van der Waals surface area contributed by atoms with Crippen LogP contribution in [0.25, 0.3) is 0 Å².